The van der Waals surface area contributed by atoms with E-state index >= 15 is 0 Å². The van der Waals surface area contributed by atoms with Crippen LogP contribution in [0.3, 0.4) is 0 Å². The normalized spacial score (nSPS) is 10.4. The predicted molar refractivity (Wildman–Crippen MR) is 89.3 cm³/mol. The van der Waals surface area contributed by atoms with Crippen LogP contribution in [0.1, 0.15) is 42.5 Å². The smallest absolute Gasteiger partial charge is 0.341 e. The molecule has 0 atom stereocenters. The number of allylic oxidation sites excluding steroid dienone is 1. The lowest BCUT2D eigenvalue weighted by atomic mass is 10.2. The summed E-state index contributed by atoms with van der Waals surface area (Å²) in [5.41, 5.74) is 7.41. The molecular formula is C16H23ClN2O4. The van der Waals surface area contributed by atoms with E-state index in [2.05, 4.69) is 9.72 Å². The average Bonchev–Trinajstić information content (AvgIpc) is 2.37. The fourth-order valence-electron chi connectivity index (χ4n) is 1.60. The molecule has 0 bridgehead atoms. The minimum atomic E-state index is -0.414. The summed E-state index contributed by atoms with van der Waals surface area (Å²) in [6.07, 6.45) is 1.25. The minimum Gasteiger partial charge on any atom is -0.463 e. The first-order valence-corrected chi connectivity index (χ1v) is 7.52. The Bertz CT molecular complexity index is 558. The zero-order valence-corrected chi connectivity index (χ0v) is 14.9. The van der Waals surface area contributed by atoms with E-state index in [1.54, 1.807) is 33.8 Å². The van der Waals surface area contributed by atoms with Crippen LogP contribution in [0.4, 0.5) is 0 Å². The molecule has 6 nitrogen and oxygen atoms in total. The molecule has 1 aromatic heterocycles. The van der Waals surface area contributed by atoms with Gasteiger partial charge in [-0.3, -0.25) is 4.98 Å². The third kappa shape index (κ3) is 8.21. The zero-order chi connectivity index (χ0) is 18.0. The highest BCUT2D eigenvalue weighted by Crippen LogP contribution is 2.20. The molecule has 0 unspecified atom stereocenters. The van der Waals surface area contributed by atoms with Crippen LogP contribution in [0.25, 0.3) is 0 Å². The second-order valence-corrected chi connectivity index (χ2v) is 4.97. The number of nitrogens with zero attached hydrogens (tertiary/aromatic N) is 1. The van der Waals surface area contributed by atoms with Crippen LogP contribution in [0.15, 0.2) is 17.8 Å². The third-order valence-electron chi connectivity index (χ3n) is 2.39. The average molecular weight is 343 g/mol. The van der Waals surface area contributed by atoms with Gasteiger partial charge in [0, 0.05) is 17.5 Å². The van der Waals surface area contributed by atoms with Crippen molar-refractivity contribution in [1.29, 1.82) is 0 Å². The molecule has 1 heterocycles. The molecular weight excluding hydrogens is 320 g/mol. The second kappa shape index (κ2) is 10.6. The Morgan fingerprint density at radius 2 is 1.83 bits per heavy atom. The molecule has 0 saturated heterocycles. The number of rotatable bonds is 4. The fraction of sp³-hybridized carbons (Fsp3) is 0.438. The summed E-state index contributed by atoms with van der Waals surface area (Å²) in [6.45, 7) is 9.43. The van der Waals surface area contributed by atoms with Gasteiger partial charge in [0.15, 0.2) is 0 Å². The van der Waals surface area contributed by atoms with Crippen molar-refractivity contribution in [3.05, 3.63) is 39.8 Å². The first-order chi connectivity index (χ1) is 10.7. The zero-order valence-electron chi connectivity index (χ0n) is 14.1. The van der Waals surface area contributed by atoms with Crippen molar-refractivity contribution < 1.29 is 19.1 Å². The summed E-state index contributed by atoms with van der Waals surface area (Å²) in [5.74, 6) is -0.792. The molecule has 0 fully saturated rings. The van der Waals surface area contributed by atoms with E-state index in [0.29, 0.717) is 35.2 Å². The van der Waals surface area contributed by atoms with Gasteiger partial charge in [-0.15, -0.1) is 0 Å². The molecule has 0 amide bonds. The number of hydrogen-bond acceptors (Lipinski definition) is 6. The molecule has 1 rings (SSSR count). The van der Waals surface area contributed by atoms with Crippen molar-refractivity contribution in [2.45, 2.75) is 34.6 Å². The summed E-state index contributed by atoms with van der Waals surface area (Å²) in [7, 11) is 0. The van der Waals surface area contributed by atoms with Crippen LogP contribution >= 0.6 is 11.6 Å². The summed E-state index contributed by atoms with van der Waals surface area (Å²) >= 11 is 5.92. The highest BCUT2D eigenvalue weighted by atomic mass is 35.5. The van der Waals surface area contributed by atoms with E-state index in [9.17, 15) is 9.59 Å². The lowest BCUT2D eigenvalue weighted by molar-refractivity contribution is -0.137. The number of aromatic nitrogens is 1. The van der Waals surface area contributed by atoms with Gasteiger partial charge < -0.3 is 15.2 Å². The molecule has 0 radical (unpaired) electrons. The Morgan fingerprint density at radius 3 is 2.26 bits per heavy atom. The van der Waals surface area contributed by atoms with Crippen LogP contribution in [-0.2, 0) is 14.3 Å². The van der Waals surface area contributed by atoms with Crippen molar-refractivity contribution >= 4 is 23.5 Å². The van der Waals surface area contributed by atoms with E-state index in [0.717, 1.165) is 5.69 Å². The van der Waals surface area contributed by atoms with Crippen molar-refractivity contribution in [2.24, 2.45) is 5.73 Å². The molecule has 7 heteroatoms. The van der Waals surface area contributed by atoms with E-state index in [-0.39, 0.29) is 5.97 Å². The Morgan fingerprint density at radius 1 is 1.26 bits per heavy atom. The SMILES string of the molecule is CCOC(=O)C=C(C)N.CCOC(=O)c1c(Cl)cc(C)nc1C. The van der Waals surface area contributed by atoms with Gasteiger partial charge in [0.1, 0.15) is 0 Å². The summed E-state index contributed by atoms with van der Waals surface area (Å²) < 4.78 is 9.42. The van der Waals surface area contributed by atoms with Crippen LogP contribution in [0.2, 0.25) is 5.02 Å². The first kappa shape index (κ1) is 20.9. The van der Waals surface area contributed by atoms with E-state index in [1.165, 1.54) is 6.08 Å². The Balaban J connectivity index is 0.000000468. The molecule has 23 heavy (non-hydrogen) atoms. The van der Waals surface area contributed by atoms with Gasteiger partial charge in [0.2, 0.25) is 0 Å². The van der Waals surface area contributed by atoms with Gasteiger partial charge in [0.25, 0.3) is 0 Å². The van der Waals surface area contributed by atoms with Crippen molar-refractivity contribution in [1.82, 2.24) is 4.98 Å². The lowest BCUT2D eigenvalue weighted by Crippen LogP contribution is -2.09. The third-order valence-corrected chi connectivity index (χ3v) is 2.69. The van der Waals surface area contributed by atoms with Crippen LogP contribution in [0, 0.1) is 13.8 Å². The van der Waals surface area contributed by atoms with Gasteiger partial charge in [-0.1, -0.05) is 11.6 Å². The van der Waals surface area contributed by atoms with Crippen molar-refractivity contribution in [3.8, 4) is 0 Å². The molecule has 128 valence electrons. The quantitative estimate of drug-likeness (QED) is 0.668. The summed E-state index contributed by atoms with van der Waals surface area (Å²) in [4.78, 5) is 26.1. The standard InChI is InChI=1S/C10H12ClNO2.C6H11NO2/c1-4-14-10(13)9-7(3)12-6(2)5-8(9)11;1-3-9-6(8)4-5(2)7/h5H,4H2,1-3H3;4H,3,7H2,1-2H3. The predicted octanol–water partition coefficient (Wildman–Crippen LogP) is 2.94. The maximum absolute atomic E-state index is 11.5. The van der Waals surface area contributed by atoms with Crippen molar-refractivity contribution in [2.75, 3.05) is 13.2 Å². The van der Waals surface area contributed by atoms with Crippen LogP contribution in [-0.4, -0.2) is 30.1 Å². The second-order valence-electron chi connectivity index (χ2n) is 4.57. The highest BCUT2D eigenvalue weighted by Gasteiger charge is 2.15. The molecule has 0 aliphatic carbocycles. The summed E-state index contributed by atoms with van der Waals surface area (Å²) in [5, 5.41) is 0.397. The van der Waals surface area contributed by atoms with Crippen LogP contribution in [0.5, 0.6) is 0 Å². The molecule has 0 spiro atoms. The first-order valence-electron chi connectivity index (χ1n) is 7.14. The van der Waals surface area contributed by atoms with Crippen molar-refractivity contribution in [3.63, 3.8) is 0 Å². The van der Waals surface area contributed by atoms with Gasteiger partial charge in [-0.2, -0.15) is 0 Å². The monoisotopic (exact) mass is 342 g/mol. The number of aryl methyl sites for hydroxylation is 2. The maximum atomic E-state index is 11.5. The van der Waals surface area contributed by atoms with Gasteiger partial charge in [-0.25, -0.2) is 9.59 Å². The number of carbonyl (C=O) groups is 2. The number of pyridine rings is 1. The van der Waals surface area contributed by atoms with E-state index in [4.69, 9.17) is 22.1 Å². The number of hydrogen-bond donors (Lipinski definition) is 1. The number of carbonyl (C=O) groups excluding carboxylic acids is 2. The molecule has 0 aliphatic rings. The summed E-state index contributed by atoms with van der Waals surface area (Å²) in [6, 6.07) is 1.65. The number of nitrogens with two attached hydrogens (primary N) is 1. The molecule has 0 saturated carbocycles. The van der Waals surface area contributed by atoms with Gasteiger partial charge in [0.05, 0.1) is 29.5 Å². The van der Waals surface area contributed by atoms with Gasteiger partial charge in [-0.05, 0) is 40.7 Å². The van der Waals surface area contributed by atoms with E-state index < -0.39 is 5.97 Å². The number of halogens is 1. The number of esters is 2. The van der Waals surface area contributed by atoms with E-state index in [1.807, 2.05) is 6.92 Å². The Hall–Kier alpha value is -2.08. The fourth-order valence-corrected chi connectivity index (χ4v) is 1.97. The highest BCUT2D eigenvalue weighted by molar-refractivity contribution is 6.33. The molecule has 2 N–H and O–H groups in total. The Kier molecular flexibility index (Phi) is 9.65. The lowest BCUT2D eigenvalue weighted by Gasteiger charge is -2.07. The molecule has 1 aromatic rings. The number of ether oxygens (including phenoxy) is 2. The Labute approximate surface area is 141 Å². The van der Waals surface area contributed by atoms with Gasteiger partial charge >= 0.3 is 11.9 Å². The molecule has 0 aromatic carbocycles. The maximum Gasteiger partial charge on any atom is 0.341 e. The largest absolute Gasteiger partial charge is 0.463 e. The molecule has 0 aliphatic heterocycles. The topological polar surface area (TPSA) is 91.5 Å². The minimum absolute atomic E-state index is 0.336. The van der Waals surface area contributed by atoms with Crippen LogP contribution < -0.4 is 5.73 Å².